The molecule has 0 aliphatic heterocycles. The van der Waals surface area contributed by atoms with Crippen molar-refractivity contribution in [1.29, 1.82) is 5.26 Å². The van der Waals surface area contributed by atoms with Crippen LogP contribution in [0.2, 0.25) is 0 Å². The zero-order valence-corrected chi connectivity index (χ0v) is 3.68. The minimum Gasteiger partial charge on any atom is -0.300 e. The number of hydrogen-bond donors (Lipinski definition) is 0. The molecule has 0 heterocycles. The standard InChI is InChI=1S/C4H6N2/c1-6-4-2-3-5/h4H,2H2,1H3/b6-4+. The van der Waals surface area contributed by atoms with Gasteiger partial charge in [-0.3, -0.25) is 4.99 Å². The molecule has 32 valence electrons. The molecule has 0 aromatic heterocycles. The Labute approximate surface area is 37.1 Å². The number of hydrogen-bond acceptors (Lipinski definition) is 2. The first-order valence-corrected chi connectivity index (χ1v) is 1.69. The smallest absolute Gasteiger partial charge is 0.0700 e. The zero-order chi connectivity index (χ0) is 4.83. The Morgan fingerprint density at radius 2 is 2.67 bits per heavy atom. The third kappa shape index (κ3) is 3.16. The van der Waals surface area contributed by atoms with Crippen molar-refractivity contribution in [3.05, 3.63) is 0 Å². The molecule has 0 bridgehead atoms. The summed E-state index contributed by atoms with van der Waals surface area (Å²) < 4.78 is 0. The molecule has 2 nitrogen and oxygen atoms in total. The molecule has 0 aromatic carbocycles. The van der Waals surface area contributed by atoms with Crippen LogP contribution in [0, 0.1) is 11.3 Å². The van der Waals surface area contributed by atoms with Gasteiger partial charge in [0.2, 0.25) is 0 Å². The highest BCUT2D eigenvalue weighted by atomic mass is 14.6. The van der Waals surface area contributed by atoms with Crippen molar-refractivity contribution in [3.63, 3.8) is 0 Å². The molecule has 0 fully saturated rings. The number of rotatable bonds is 1. The van der Waals surface area contributed by atoms with Gasteiger partial charge >= 0.3 is 0 Å². The van der Waals surface area contributed by atoms with Crippen LogP contribution >= 0.6 is 0 Å². The third-order valence-corrected chi connectivity index (χ3v) is 0.365. The van der Waals surface area contributed by atoms with Crippen molar-refractivity contribution in [2.24, 2.45) is 4.99 Å². The van der Waals surface area contributed by atoms with E-state index in [0.717, 1.165) is 0 Å². The minimum absolute atomic E-state index is 0.427. The lowest BCUT2D eigenvalue weighted by atomic mass is 10.5. The van der Waals surface area contributed by atoms with Crippen molar-refractivity contribution < 1.29 is 0 Å². The van der Waals surface area contributed by atoms with Crippen LogP contribution in [0.5, 0.6) is 0 Å². The van der Waals surface area contributed by atoms with Gasteiger partial charge in [-0.2, -0.15) is 5.26 Å². The number of aliphatic imine (C=N–C) groups is 1. The van der Waals surface area contributed by atoms with Gasteiger partial charge in [0, 0.05) is 13.3 Å². The molecule has 0 aliphatic carbocycles. The van der Waals surface area contributed by atoms with Crippen LogP contribution in [0.1, 0.15) is 6.42 Å². The molecule has 0 saturated carbocycles. The van der Waals surface area contributed by atoms with E-state index in [1.807, 2.05) is 6.07 Å². The highest BCUT2D eigenvalue weighted by Gasteiger charge is 1.62. The topological polar surface area (TPSA) is 36.1 Å². The normalized spacial score (nSPS) is 8.67. The van der Waals surface area contributed by atoms with Crippen LogP contribution in [-0.4, -0.2) is 13.3 Å². The summed E-state index contributed by atoms with van der Waals surface area (Å²) in [5, 5.41) is 7.86. The lowest BCUT2D eigenvalue weighted by Gasteiger charge is -1.64. The van der Waals surface area contributed by atoms with E-state index in [1.165, 1.54) is 0 Å². The van der Waals surface area contributed by atoms with E-state index < -0.39 is 0 Å². The Morgan fingerprint density at radius 1 is 2.00 bits per heavy atom. The second-order valence-electron chi connectivity index (χ2n) is 0.803. The maximum atomic E-state index is 7.86. The van der Waals surface area contributed by atoms with E-state index in [-0.39, 0.29) is 0 Å². The van der Waals surface area contributed by atoms with Crippen LogP contribution in [0.25, 0.3) is 0 Å². The highest BCUT2D eigenvalue weighted by Crippen LogP contribution is 1.62. The predicted molar refractivity (Wildman–Crippen MR) is 24.6 cm³/mol. The lowest BCUT2D eigenvalue weighted by molar-refractivity contribution is 1.38. The summed E-state index contributed by atoms with van der Waals surface area (Å²) in [4.78, 5) is 3.58. The Bertz CT molecular complexity index is 78.0. The summed E-state index contributed by atoms with van der Waals surface area (Å²) in [6.07, 6.45) is 2.00. The molecule has 0 radical (unpaired) electrons. The maximum Gasteiger partial charge on any atom is 0.0700 e. The summed E-state index contributed by atoms with van der Waals surface area (Å²) in [6.45, 7) is 0. The highest BCUT2D eigenvalue weighted by molar-refractivity contribution is 5.59. The van der Waals surface area contributed by atoms with Gasteiger partial charge in [0.05, 0.1) is 12.5 Å². The van der Waals surface area contributed by atoms with Crippen LogP contribution < -0.4 is 0 Å². The largest absolute Gasteiger partial charge is 0.300 e. The van der Waals surface area contributed by atoms with E-state index in [2.05, 4.69) is 4.99 Å². The van der Waals surface area contributed by atoms with E-state index >= 15 is 0 Å². The molecule has 2 heteroatoms. The fourth-order valence-corrected chi connectivity index (χ4v) is 0.132. The monoisotopic (exact) mass is 82.1 g/mol. The van der Waals surface area contributed by atoms with Crippen LogP contribution in [0.4, 0.5) is 0 Å². The first kappa shape index (κ1) is 5.16. The molecular weight excluding hydrogens is 76.1 g/mol. The van der Waals surface area contributed by atoms with Crippen LogP contribution in [0.15, 0.2) is 4.99 Å². The lowest BCUT2D eigenvalue weighted by Crippen LogP contribution is -1.64. The third-order valence-electron chi connectivity index (χ3n) is 0.365. The molecule has 0 aliphatic rings. The Morgan fingerprint density at radius 3 is 2.83 bits per heavy atom. The van der Waals surface area contributed by atoms with Gasteiger partial charge in [-0.05, 0) is 0 Å². The van der Waals surface area contributed by atoms with Crippen LogP contribution in [0.3, 0.4) is 0 Å². The Kier molecular flexibility index (Phi) is 3.58. The van der Waals surface area contributed by atoms with Crippen molar-refractivity contribution >= 4 is 6.21 Å². The summed E-state index contributed by atoms with van der Waals surface area (Å²) in [6, 6.07) is 1.92. The van der Waals surface area contributed by atoms with E-state index in [0.29, 0.717) is 6.42 Å². The quantitative estimate of drug-likeness (QED) is 0.427. The molecule has 6 heavy (non-hydrogen) atoms. The van der Waals surface area contributed by atoms with Gasteiger partial charge in [-0.25, -0.2) is 0 Å². The van der Waals surface area contributed by atoms with E-state index in [9.17, 15) is 0 Å². The van der Waals surface area contributed by atoms with Gasteiger partial charge in [-0.15, -0.1) is 0 Å². The van der Waals surface area contributed by atoms with E-state index in [4.69, 9.17) is 5.26 Å². The molecule has 0 amide bonds. The Balaban J connectivity index is 2.92. The summed E-state index contributed by atoms with van der Waals surface area (Å²) in [5.74, 6) is 0. The van der Waals surface area contributed by atoms with Crippen LogP contribution in [-0.2, 0) is 0 Å². The second kappa shape index (κ2) is 4.16. The molecule has 0 aromatic rings. The average molecular weight is 82.1 g/mol. The fourth-order valence-electron chi connectivity index (χ4n) is 0.132. The Hall–Kier alpha value is -0.840. The van der Waals surface area contributed by atoms with E-state index in [1.54, 1.807) is 13.3 Å². The predicted octanol–water partition coefficient (Wildman–Crippen LogP) is 0.601. The van der Waals surface area contributed by atoms with Gasteiger partial charge < -0.3 is 0 Å². The fraction of sp³-hybridized carbons (Fsp3) is 0.500. The zero-order valence-electron chi connectivity index (χ0n) is 3.68. The maximum absolute atomic E-state index is 7.86. The summed E-state index contributed by atoms with van der Waals surface area (Å²) in [7, 11) is 1.65. The first-order valence-electron chi connectivity index (χ1n) is 1.69. The average Bonchev–Trinajstić information content (AvgIpc) is 1.61. The van der Waals surface area contributed by atoms with Crippen molar-refractivity contribution in [2.75, 3.05) is 7.05 Å². The van der Waals surface area contributed by atoms with Crippen molar-refractivity contribution in [1.82, 2.24) is 0 Å². The minimum atomic E-state index is 0.427. The van der Waals surface area contributed by atoms with Gasteiger partial charge in [-0.1, -0.05) is 0 Å². The van der Waals surface area contributed by atoms with Gasteiger partial charge in [0.25, 0.3) is 0 Å². The van der Waals surface area contributed by atoms with Gasteiger partial charge in [0.1, 0.15) is 0 Å². The second-order valence-corrected chi connectivity index (χ2v) is 0.803. The summed E-state index contributed by atoms with van der Waals surface area (Å²) >= 11 is 0. The number of nitrogens with zero attached hydrogens (tertiary/aromatic N) is 2. The molecule has 0 saturated heterocycles. The SMILES string of the molecule is C/N=C/CC#N. The molecule has 0 unspecified atom stereocenters. The van der Waals surface area contributed by atoms with Gasteiger partial charge in [0.15, 0.2) is 0 Å². The summed E-state index contributed by atoms with van der Waals surface area (Å²) in [5.41, 5.74) is 0. The molecule has 0 rings (SSSR count). The molecule has 0 N–H and O–H groups in total. The first-order chi connectivity index (χ1) is 2.91. The van der Waals surface area contributed by atoms with Crippen molar-refractivity contribution in [3.8, 4) is 6.07 Å². The molecule has 0 spiro atoms. The van der Waals surface area contributed by atoms with Crippen molar-refractivity contribution in [2.45, 2.75) is 6.42 Å². The number of nitriles is 1. The molecular formula is C4H6N2. The molecule has 0 atom stereocenters.